The first-order valence-corrected chi connectivity index (χ1v) is 12.3. The van der Waals surface area contributed by atoms with E-state index >= 15 is 0 Å². The standard InChI is InChI=1S/C26H41N5O6/c1-16(2)22(31-21(33)14-26(4,5)6)24(35)30-20(8-7-13-28-25(27)36)23(34)29-19-11-9-18(10-12-19)15-37-17(3)32/h9-12,16,20,22H,7-8,13-15H2,1-6H3,(H,29,34)(H,30,35)(H,31,33)(H3,27,28,36)/t20-,22?/m0/s1. The van der Waals surface area contributed by atoms with Crippen molar-refractivity contribution in [2.75, 3.05) is 11.9 Å². The number of nitrogens with one attached hydrogen (secondary N) is 4. The van der Waals surface area contributed by atoms with Crippen LogP contribution >= 0.6 is 0 Å². The molecule has 206 valence electrons. The van der Waals surface area contributed by atoms with Gasteiger partial charge in [0.05, 0.1) is 0 Å². The summed E-state index contributed by atoms with van der Waals surface area (Å²) < 4.78 is 4.96. The fourth-order valence-corrected chi connectivity index (χ4v) is 3.39. The summed E-state index contributed by atoms with van der Waals surface area (Å²) in [5.41, 5.74) is 6.10. The highest BCUT2D eigenvalue weighted by Crippen LogP contribution is 2.18. The van der Waals surface area contributed by atoms with Crippen LogP contribution in [0.4, 0.5) is 10.5 Å². The van der Waals surface area contributed by atoms with Crippen molar-refractivity contribution in [1.29, 1.82) is 0 Å². The van der Waals surface area contributed by atoms with Crippen molar-refractivity contribution in [3.63, 3.8) is 0 Å². The Kier molecular flexibility index (Phi) is 12.6. The summed E-state index contributed by atoms with van der Waals surface area (Å²) in [5, 5.41) is 10.8. The molecule has 0 fully saturated rings. The van der Waals surface area contributed by atoms with Gasteiger partial charge in [-0.1, -0.05) is 46.8 Å². The molecule has 2 atom stereocenters. The molecule has 1 aromatic carbocycles. The molecular formula is C26H41N5O6. The number of hydrogen-bond acceptors (Lipinski definition) is 6. The lowest BCUT2D eigenvalue weighted by Crippen LogP contribution is -2.54. The number of ether oxygens (including phenoxy) is 1. The Balaban J connectivity index is 2.93. The number of benzene rings is 1. The van der Waals surface area contributed by atoms with Gasteiger partial charge in [-0.2, -0.15) is 0 Å². The molecule has 37 heavy (non-hydrogen) atoms. The van der Waals surface area contributed by atoms with Crippen LogP contribution in [0.1, 0.15) is 66.4 Å². The largest absolute Gasteiger partial charge is 0.461 e. The molecule has 0 heterocycles. The molecule has 0 saturated carbocycles. The second-order valence-corrected chi connectivity index (χ2v) is 10.5. The van der Waals surface area contributed by atoms with E-state index in [-0.39, 0.29) is 43.2 Å². The van der Waals surface area contributed by atoms with Crippen molar-refractivity contribution in [2.24, 2.45) is 17.1 Å². The highest BCUT2D eigenvalue weighted by molar-refractivity contribution is 5.98. The van der Waals surface area contributed by atoms with Crippen LogP contribution in [-0.4, -0.2) is 48.4 Å². The predicted octanol–water partition coefficient (Wildman–Crippen LogP) is 2.20. The van der Waals surface area contributed by atoms with E-state index in [0.717, 1.165) is 5.56 Å². The quantitative estimate of drug-likeness (QED) is 0.198. The summed E-state index contributed by atoms with van der Waals surface area (Å²) in [6, 6.07) is 4.31. The molecule has 1 aromatic rings. The van der Waals surface area contributed by atoms with E-state index in [1.165, 1.54) is 6.92 Å². The van der Waals surface area contributed by atoms with Crippen molar-refractivity contribution >= 4 is 35.4 Å². The van der Waals surface area contributed by atoms with Crippen LogP contribution in [0.3, 0.4) is 0 Å². The molecule has 6 N–H and O–H groups in total. The smallest absolute Gasteiger partial charge is 0.312 e. The monoisotopic (exact) mass is 519 g/mol. The van der Waals surface area contributed by atoms with Gasteiger partial charge in [-0.25, -0.2) is 4.79 Å². The van der Waals surface area contributed by atoms with Gasteiger partial charge in [-0.15, -0.1) is 0 Å². The second-order valence-electron chi connectivity index (χ2n) is 10.5. The van der Waals surface area contributed by atoms with Crippen LogP contribution in [0.5, 0.6) is 0 Å². The summed E-state index contributed by atoms with van der Waals surface area (Å²) in [7, 11) is 0. The average molecular weight is 520 g/mol. The van der Waals surface area contributed by atoms with E-state index in [0.29, 0.717) is 12.1 Å². The molecule has 11 nitrogen and oxygen atoms in total. The van der Waals surface area contributed by atoms with Crippen molar-refractivity contribution in [3.8, 4) is 0 Å². The van der Waals surface area contributed by atoms with E-state index in [1.807, 2.05) is 34.6 Å². The molecule has 0 radical (unpaired) electrons. The molecule has 1 unspecified atom stereocenters. The van der Waals surface area contributed by atoms with Crippen molar-refractivity contribution < 1.29 is 28.7 Å². The van der Waals surface area contributed by atoms with Gasteiger partial charge in [0.1, 0.15) is 18.7 Å². The lowest BCUT2D eigenvalue weighted by atomic mass is 9.91. The maximum absolute atomic E-state index is 13.1. The highest BCUT2D eigenvalue weighted by atomic mass is 16.5. The van der Waals surface area contributed by atoms with Gasteiger partial charge in [-0.05, 0) is 41.9 Å². The van der Waals surface area contributed by atoms with Gasteiger partial charge in [0, 0.05) is 25.6 Å². The molecule has 0 aromatic heterocycles. The Morgan fingerprint density at radius 3 is 2.11 bits per heavy atom. The number of nitrogens with two attached hydrogens (primary N) is 1. The summed E-state index contributed by atoms with van der Waals surface area (Å²) in [6.07, 6.45) is 0.855. The number of hydrogen-bond donors (Lipinski definition) is 5. The third-order valence-electron chi connectivity index (χ3n) is 5.22. The van der Waals surface area contributed by atoms with E-state index in [1.54, 1.807) is 24.3 Å². The molecule has 0 aliphatic heterocycles. The summed E-state index contributed by atoms with van der Waals surface area (Å²) in [5.74, 6) is -1.78. The highest BCUT2D eigenvalue weighted by Gasteiger charge is 2.29. The van der Waals surface area contributed by atoms with Crippen LogP contribution < -0.4 is 27.0 Å². The minimum atomic E-state index is -0.927. The zero-order valence-electron chi connectivity index (χ0n) is 22.6. The first kappa shape index (κ1) is 31.4. The average Bonchev–Trinajstić information content (AvgIpc) is 2.77. The Bertz CT molecular complexity index is 940. The molecule has 0 saturated heterocycles. The van der Waals surface area contributed by atoms with Crippen LogP contribution in [0.15, 0.2) is 24.3 Å². The van der Waals surface area contributed by atoms with Gasteiger partial charge in [-0.3, -0.25) is 19.2 Å². The van der Waals surface area contributed by atoms with Gasteiger partial charge >= 0.3 is 12.0 Å². The molecule has 5 amide bonds. The lowest BCUT2D eigenvalue weighted by Gasteiger charge is -2.27. The summed E-state index contributed by atoms with van der Waals surface area (Å²) in [4.78, 5) is 60.6. The SMILES string of the molecule is CC(=O)OCc1ccc(NC(=O)[C@H](CCCNC(N)=O)NC(=O)C(NC(=O)CC(C)(C)C)C(C)C)cc1. The van der Waals surface area contributed by atoms with Crippen LogP contribution in [0.25, 0.3) is 0 Å². The third-order valence-corrected chi connectivity index (χ3v) is 5.22. The second kappa shape index (κ2) is 14.8. The van der Waals surface area contributed by atoms with Crippen molar-refractivity contribution in [2.45, 2.75) is 79.5 Å². The number of rotatable bonds is 13. The van der Waals surface area contributed by atoms with E-state index in [4.69, 9.17) is 10.5 Å². The maximum atomic E-state index is 13.1. The fraction of sp³-hybridized carbons (Fsp3) is 0.577. The van der Waals surface area contributed by atoms with Crippen molar-refractivity contribution in [1.82, 2.24) is 16.0 Å². The molecule has 0 spiro atoms. The number of carbonyl (C=O) groups excluding carboxylic acids is 5. The molecule has 0 aliphatic rings. The number of carbonyl (C=O) groups is 5. The molecule has 11 heteroatoms. The maximum Gasteiger partial charge on any atom is 0.312 e. The van der Waals surface area contributed by atoms with Gasteiger partial charge in [0.15, 0.2) is 0 Å². The summed E-state index contributed by atoms with van der Waals surface area (Å²) >= 11 is 0. The fourth-order valence-electron chi connectivity index (χ4n) is 3.39. The zero-order valence-corrected chi connectivity index (χ0v) is 22.6. The Morgan fingerprint density at radius 1 is 0.973 bits per heavy atom. The minimum absolute atomic E-state index is 0.118. The number of primary amides is 1. The summed E-state index contributed by atoms with van der Waals surface area (Å²) in [6.45, 7) is 11.1. The Labute approximate surface area is 218 Å². The Hall–Kier alpha value is -3.63. The van der Waals surface area contributed by atoms with Gasteiger partial charge in [0.2, 0.25) is 17.7 Å². The van der Waals surface area contributed by atoms with Gasteiger partial charge in [0.25, 0.3) is 0 Å². The lowest BCUT2D eigenvalue weighted by molar-refractivity contribution is -0.142. The molecule has 0 bridgehead atoms. The van der Waals surface area contributed by atoms with Gasteiger partial charge < -0.3 is 31.7 Å². The van der Waals surface area contributed by atoms with E-state index in [2.05, 4.69) is 21.3 Å². The normalized spacial score (nSPS) is 12.7. The number of urea groups is 1. The molecule has 1 rings (SSSR count). The van der Waals surface area contributed by atoms with Crippen LogP contribution in [0.2, 0.25) is 0 Å². The minimum Gasteiger partial charge on any atom is -0.461 e. The number of anilines is 1. The van der Waals surface area contributed by atoms with Crippen LogP contribution in [-0.2, 0) is 30.5 Å². The van der Waals surface area contributed by atoms with E-state index < -0.39 is 35.9 Å². The Morgan fingerprint density at radius 2 is 1.59 bits per heavy atom. The van der Waals surface area contributed by atoms with E-state index in [9.17, 15) is 24.0 Å². The predicted molar refractivity (Wildman–Crippen MR) is 140 cm³/mol. The molecular weight excluding hydrogens is 478 g/mol. The number of amides is 5. The topological polar surface area (TPSA) is 169 Å². The first-order chi connectivity index (χ1) is 17.2. The van der Waals surface area contributed by atoms with Crippen LogP contribution in [0, 0.1) is 11.3 Å². The molecule has 0 aliphatic carbocycles. The third kappa shape index (κ3) is 13.3. The number of esters is 1. The zero-order chi connectivity index (χ0) is 28.2. The van der Waals surface area contributed by atoms with Crippen molar-refractivity contribution in [3.05, 3.63) is 29.8 Å². The first-order valence-electron chi connectivity index (χ1n) is 12.3.